The first kappa shape index (κ1) is 8.69. The Morgan fingerprint density at radius 2 is 2.29 bits per heavy atom. The van der Waals surface area contributed by atoms with Gasteiger partial charge in [-0.15, -0.1) is 0 Å². The molecule has 2 aliphatic heterocycles. The van der Waals surface area contributed by atoms with Gasteiger partial charge in [-0.3, -0.25) is 0 Å². The summed E-state index contributed by atoms with van der Waals surface area (Å²) in [7, 11) is 0. The smallest absolute Gasteiger partial charge is 0.129 e. The van der Waals surface area contributed by atoms with Crippen molar-refractivity contribution in [3.8, 4) is 0 Å². The Kier molecular flexibility index (Phi) is 1.99. The average molecular weight is 209 g/mol. The molecule has 3 heterocycles. The normalized spacial score (nSPS) is 35.1. The molecule has 2 aliphatic rings. The molecular formula is C11H13ClN2. The molecule has 3 rings (SSSR count). The second-order valence-corrected chi connectivity index (χ2v) is 4.69. The third-order valence-corrected chi connectivity index (χ3v) is 3.70. The van der Waals surface area contributed by atoms with E-state index >= 15 is 0 Å². The molecule has 2 saturated heterocycles. The highest BCUT2D eigenvalue weighted by Gasteiger charge is 2.39. The molecule has 3 atom stereocenters. The van der Waals surface area contributed by atoms with Crippen LogP contribution in [0.15, 0.2) is 18.3 Å². The van der Waals surface area contributed by atoms with Crippen LogP contribution < -0.4 is 5.32 Å². The van der Waals surface area contributed by atoms with Crippen molar-refractivity contribution in [2.75, 3.05) is 0 Å². The summed E-state index contributed by atoms with van der Waals surface area (Å²) in [6.07, 6.45) is 5.86. The molecule has 3 heteroatoms. The van der Waals surface area contributed by atoms with Crippen LogP contribution in [0, 0.1) is 0 Å². The summed E-state index contributed by atoms with van der Waals surface area (Å²) in [4.78, 5) is 4.14. The SMILES string of the molecule is Clc1ccc(C2C[C@H]3CC[C@H]2N3)cn1. The molecule has 0 saturated carbocycles. The first-order chi connectivity index (χ1) is 6.83. The lowest BCUT2D eigenvalue weighted by Crippen LogP contribution is -2.21. The number of aromatic nitrogens is 1. The van der Waals surface area contributed by atoms with Crippen molar-refractivity contribution in [1.82, 2.24) is 10.3 Å². The zero-order valence-corrected chi connectivity index (χ0v) is 8.67. The molecule has 0 amide bonds. The molecule has 0 aromatic carbocycles. The van der Waals surface area contributed by atoms with Gasteiger partial charge in [0, 0.05) is 24.2 Å². The second kappa shape index (κ2) is 3.21. The molecule has 0 spiro atoms. The first-order valence-electron chi connectivity index (χ1n) is 5.20. The summed E-state index contributed by atoms with van der Waals surface area (Å²) in [5.74, 6) is 0.665. The van der Waals surface area contributed by atoms with Crippen molar-refractivity contribution in [3.05, 3.63) is 29.0 Å². The van der Waals surface area contributed by atoms with Gasteiger partial charge in [0.05, 0.1) is 0 Å². The van der Waals surface area contributed by atoms with Gasteiger partial charge in [-0.05, 0) is 30.9 Å². The number of fused-ring (bicyclic) bond motifs is 2. The molecule has 2 fully saturated rings. The summed E-state index contributed by atoms with van der Waals surface area (Å²) in [6, 6.07) is 5.44. The Morgan fingerprint density at radius 3 is 2.86 bits per heavy atom. The average Bonchev–Trinajstić information content (AvgIpc) is 2.80. The number of nitrogens with zero attached hydrogens (tertiary/aromatic N) is 1. The van der Waals surface area contributed by atoms with Crippen LogP contribution in [-0.4, -0.2) is 17.1 Å². The molecule has 1 N–H and O–H groups in total. The van der Waals surface area contributed by atoms with E-state index in [9.17, 15) is 0 Å². The summed E-state index contributed by atoms with van der Waals surface area (Å²) in [5.41, 5.74) is 1.34. The standard InChI is InChI=1S/C11H13ClN2/c12-11-4-1-7(6-13-11)9-5-8-2-3-10(9)14-8/h1,4,6,8-10,14H,2-3,5H2/t8-,9?,10-/m1/s1. The van der Waals surface area contributed by atoms with Gasteiger partial charge in [0.15, 0.2) is 0 Å². The summed E-state index contributed by atoms with van der Waals surface area (Å²) in [5, 5.41) is 4.22. The van der Waals surface area contributed by atoms with Crippen LogP contribution in [0.5, 0.6) is 0 Å². The number of hydrogen-bond acceptors (Lipinski definition) is 2. The molecule has 1 unspecified atom stereocenters. The van der Waals surface area contributed by atoms with Gasteiger partial charge in [0.1, 0.15) is 5.15 Å². The lowest BCUT2D eigenvalue weighted by atomic mass is 9.85. The minimum absolute atomic E-state index is 0.588. The summed E-state index contributed by atoms with van der Waals surface area (Å²) >= 11 is 5.77. The molecule has 1 aromatic rings. The maximum absolute atomic E-state index is 5.77. The van der Waals surface area contributed by atoms with Crippen LogP contribution in [0.1, 0.15) is 30.7 Å². The highest BCUT2D eigenvalue weighted by molar-refractivity contribution is 6.29. The minimum atomic E-state index is 0.588. The highest BCUT2D eigenvalue weighted by Crippen LogP contribution is 2.39. The van der Waals surface area contributed by atoms with Gasteiger partial charge in [-0.2, -0.15) is 0 Å². The van der Waals surface area contributed by atoms with Crippen LogP contribution >= 0.6 is 11.6 Å². The zero-order valence-electron chi connectivity index (χ0n) is 7.91. The molecule has 14 heavy (non-hydrogen) atoms. The predicted molar refractivity (Wildman–Crippen MR) is 56.6 cm³/mol. The van der Waals surface area contributed by atoms with E-state index in [4.69, 9.17) is 11.6 Å². The first-order valence-corrected chi connectivity index (χ1v) is 5.58. The van der Waals surface area contributed by atoms with E-state index in [0.29, 0.717) is 17.1 Å². The fourth-order valence-electron chi connectivity index (χ4n) is 2.80. The monoisotopic (exact) mass is 208 g/mol. The van der Waals surface area contributed by atoms with Crippen molar-refractivity contribution in [1.29, 1.82) is 0 Å². The zero-order chi connectivity index (χ0) is 9.54. The van der Waals surface area contributed by atoms with Gasteiger partial charge in [-0.25, -0.2) is 4.98 Å². The van der Waals surface area contributed by atoms with Crippen molar-refractivity contribution >= 4 is 11.6 Å². The second-order valence-electron chi connectivity index (χ2n) is 4.30. The van der Waals surface area contributed by atoms with Crippen LogP contribution in [0.4, 0.5) is 0 Å². The van der Waals surface area contributed by atoms with Gasteiger partial charge >= 0.3 is 0 Å². The van der Waals surface area contributed by atoms with Crippen LogP contribution in [0.3, 0.4) is 0 Å². The lowest BCUT2D eigenvalue weighted by Gasteiger charge is -2.19. The lowest BCUT2D eigenvalue weighted by molar-refractivity contribution is 0.505. The third-order valence-electron chi connectivity index (χ3n) is 3.48. The maximum atomic E-state index is 5.77. The molecule has 2 nitrogen and oxygen atoms in total. The number of rotatable bonds is 1. The topological polar surface area (TPSA) is 24.9 Å². The third kappa shape index (κ3) is 1.33. The molecular weight excluding hydrogens is 196 g/mol. The van der Waals surface area contributed by atoms with Crippen LogP contribution in [0.2, 0.25) is 5.15 Å². The van der Waals surface area contributed by atoms with Crippen molar-refractivity contribution in [2.45, 2.75) is 37.3 Å². The van der Waals surface area contributed by atoms with Crippen molar-refractivity contribution in [2.24, 2.45) is 0 Å². The van der Waals surface area contributed by atoms with E-state index in [-0.39, 0.29) is 0 Å². The Bertz CT molecular complexity index is 336. The largest absolute Gasteiger partial charge is 0.311 e. The fourth-order valence-corrected chi connectivity index (χ4v) is 2.91. The van der Waals surface area contributed by atoms with E-state index in [1.165, 1.54) is 24.8 Å². The number of pyridine rings is 1. The van der Waals surface area contributed by atoms with Gasteiger partial charge < -0.3 is 5.32 Å². The van der Waals surface area contributed by atoms with Gasteiger partial charge in [-0.1, -0.05) is 17.7 Å². The molecule has 1 aromatic heterocycles. The number of halogens is 1. The quantitative estimate of drug-likeness (QED) is 0.717. The molecule has 2 bridgehead atoms. The van der Waals surface area contributed by atoms with Crippen molar-refractivity contribution in [3.63, 3.8) is 0 Å². The van der Waals surface area contributed by atoms with E-state index in [2.05, 4.69) is 16.4 Å². The summed E-state index contributed by atoms with van der Waals surface area (Å²) < 4.78 is 0. The highest BCUT2D eigenvalue weighted by atomic mass is 35.5. The van der Waals surface area contributed by atoms with Crippen LogP contribution in [-0.2, 0) is 0 Å². The molecule has 0 aliphatic carbocycles. The molecule has 74 valence electrons. The number of nitrogens with one attached hydrogen (secondary N) is 1. The Labute approximate surface area is 88.7 Å². The van der Waals surface area contributed by atoms with E-state index < -0.39 is 0 Å². The Morgan fingerprint density at radius 1 is 1.36 bits per heavy atom. The number of hydrogen-bond donors (Lipinski definition) is 1. The van der Waals surface area contributed by atoms with Crippen LogP contribution in [0.25, 0.3) is 0 Å². The minimum Gasteiger partial charge on any atom is -0.311 e. The van der Waals surface area contributed by atoms with E-state index in [1.54, 1.807) is 0 Å². The van der Waals surface area contributed by atoms with Gasteiger partial charge in [0.25, 0.3) is 0 Å². The summed E-state index contributed by atoms with van der Waals surface area (Å²) in [6.45, 7) is 0. The molecule has 0 radical (unpaired) electrons. The van der Waals surface area contributed by atoms with E-state index in [0.717, 1.165) is 6.04 Å². The predicted octanol–water partition coefficient (Wildman–Crippen LogP) is 2.34. The van der Waals surface area contributed by atoms with Gasteiger partial charge in [0.2, 0.25) is 0 Å². The Balaban J connectivity index is 1.86. The van der Waals surface area contributed by atoms with E-state index in [1.807, 2.05) is 12.3 Å². The maximum Gasteiger partial charge on any atom is 0.129 e. The fraction of sp³-hybridized carbons (Fsp3) is 0.545. The van der Waals surface area contributed by atoms with Crippen molar-refractivity contribution < 1.29 is 0 Å². The Hall–Kier alpha value is -0.600.